The van der Waals surface area contributed by atoms with Crippen LogP contribution in [0.2, 0.25) is 0 Å². The summed E-state index contributed by atoms with van der Waals surface area (Å²) in [5.41, 5.74) is 1.86. The first-order chi connectivity index (χ1) is 8.53. The van der Waals surface area contributed by atoms with Crippen LogP contribution in [-0.2, 0) is 15.8 Å². The SMILES string of the molecule is Cc1cccc(CS(=O)(=O)N2CCC[C@@H]2CO)c1. The van der Waals surface area contributed by atoms with Gasteiger partial charge < -0.3 is 5.11 Å². The summed E-state index contributed by atoms with van der Waals surface area (Å²) in [5, 5.41) is 9.20. The van der Waals surface area contributed by atoms with Crippen molar-refractivity contribution in [2.24, 2.45) is 0 Å². The van der Waals surface area contributed by atoms with Gasteiger partial charge in [0.15, 0.2) is 0 Å². The van der Waals surface area contributed by atoms with Crippen molar-refractivity contribution >= 4 is 10.0 Å². The molecule has 1 aromatic carbocycles. The van der Waals surface area contributed by atoms with E-state index in [0.29, 0.717) is 6.54 Å². The number of sulfonamides is 1. The Morgan fingerprint density at radius 1 is 1.44 bits per heavy atom. The molecule has 1 atom stereocenters. The van der Waals surface area contributed by atoms with E-state index in [1.54, 1.807) is 0 Å². The molecule has 18 heavy (non-hydrogen) atoms. The largest absolute Gasteiger partial charge is 0.395 e. The third kappa shape index (κ3) is 2.91. The maximum absolute atomic E-state index is 12.3. The lowest BCUT2D eigenvalue weighted by molar-refractivity contribution is 0.213. The number of hydrogen-bond acceptors (Lipinski definition) is 3. The number of aliphatic hydroxyl groups is 1. The molecule has 0 unspecified atom stereocenters. The van der Waals surface area contributed by atoms with Gasteiger partial charge in [0.1, 0.15) is 0 Å². The second-order valence-electron chi connectivity index (χ2n) is 4.83. The van der Waals surface area contributed by atoms with Crippen LogP contribution in [0.1, 0.15) is 24.0 Å². The highest BCUT2D eigenvalue weighted by Crippen LogP contribution is 2.23. The first-order valence-electron chi connectivity index (χ1n) is 6.19. The monoisotopic (exact) mass is 269 g/mol. The van der Waals surface area contributed by atoms with Crippen molar-refractivity contribution in [3.05, 3.63) is 35.4 Å². The quantitative estimate of drug-likeness (QED) is 0.896. The second-order valence-corrected chi connectivity index (χ2v) is 6.76. The molecule has 1 N–H and O–H groups in total. The smallest absolute Gasteiger partial charge is 0.218 e. The fourth-order valence-corrected chi connectivity index (χ4v) is 4.25. The predicted octanol–water partition coefficient (Wildman–Crippen LogP) is 1.28. The van der Waals surface area contributed by atoms with Gasteiger partial charge in [0.25, 0.3) is 0 Å². The van der Waals surface area contributed by atoms with E-state index in [-0.39, 0.29) is 18.4 Å². The van der Waals surface area contributed by atoms with Gasteiger partial charge in [0, 0.05) is 12.6 Å². The van der Waals surface area contributed by atoms with E-state index in [2.05, 4.69) is 0 Å². The van der Waals surface area contributed by atoms with Crippen LogP contribution in [0.3, 0.4) is 0 Å². The summed E-state index contributed by atoms with van der Waals surface area (Å²) >= 11 is 0. The van der Waals surface area contributed by atoms with E-state index in [1.165, 1.54) is 4.31 Å². The van der Waals surface area contributed by atoms with E-state index in [1.807, 2.05) is 31.2 Å². The Morgan fingerprint density at radius 2 is 2.22 bits per heavy atom. The molecule has 0 bridgehead atoms. The molecule has 1 aromatic rings. The van der Waals surface area contributed by atoms with Gasteiger partial charge in [-0.05, 0) is 25.3 Å². The first kappa shape index (κ1) is 13.5. The predicted molar refractivity (Wildman–Crippen MR) is 70.6 cm³/mol. The zero-order valence-electron chi connectivity index (χ0n) is 10.5. The molecule has 5 heteroatoms. The number of aryl methyl sites for hydroxylation is 1. The Balaban J connectivity index is 2.17. The van der Waals surface area contributed by atoms with Crippen LogP contribution in [0.25, 0.3) is 0 Å². The van der Waals surface area contributed by atoms with Gasteiger partial charge in [0.2, 0.25) is 10.0 Å². The lowest BCUT2D eigenvalue weighted by Crippen LogP contribution is -2.38. The van der Waals surface area contributed by atoms with E-state index >= 15 is 0 Å². The molecule has 1 aliphatic rings. The van der Waals surface area contributed by atoms with Crippen molar-refractivity contribution < 1.29 is 13.5 Å². The van der Waals surface area contributed by atoms with Crippen LogP contribution >= 0.6 is 0 Å². The van der Waals surface area contributed by atoms with Crippen molar-refractivity contribution in [2.75, 3.05) is 13.2 Å². The Hall–Kier alpha value is -0.910. The first-order valence-corrected chi connectivity index (χ1v) is 7.80. The number of nitrogens with zero attached hydrogens (tertiary/aromatic N) is 1. The molecule has 4 nitrogen and oxygen atoms in total. The third-order valence-corrected chi connectivity index (χ3v) is 5.22. The number of aliphatic hydroxyl groups excluding tert-OH is 1. The minimum Gasteiger partial charge on any atom is -0.395 e. The Morgan fingerprint density at radius 3 is 2.89 bits per heavy atom. The summed E-state index contributed by atoms with van der Waals surface area (Å²) in [6, 6.07) is 7.30. The Labute approximate surface area is 108 Å². The summed E-state index contributed by atoms with van der Waals surface area (Å²) < 4.78 is 26.0. The molecule has 1 heterocycles. The molecule has 0 aliphatic carbocycles. The molecular weight excluding hydrogens is 250 g/mol. The molecule has 100 valence electrons. The van der Waals surface area contributed by atoms with Crippen LogP contribution in [0.4, 0.5) is 0 Å². The topological polar surface area (TPSA) is 57.6 Å². The Bertz CT molecular complexity index is 513. The molecule has 1 aliphatic heterocycles. The fraction of sp³-hybridized carbons (Fsp3) is 0.538. The highest BCUT2D eigenvalue weighted by atomic mass is 32.2. The molecule has 0 saturated carbocycles. The van der Waals surface area contributed by atoms with Gasteiger partial charge in [-0.1, -0.05) is 29.8 Å². The zero-order chi connectivity index (χ0) is 13.2. The maximum atomic E-state index is 12.3. The van der Waals surface area contributed by atoms with Crippen molar-refractivity contribution in [1.82, 2.24) is 4.31 Å². The molecule has 2 rings (SSSR count). The van der Waals surface area contributed by atoms with E-state index in [9.17, 15) is 13.5 Å². The second kappa shape index (κ2) is 5.38. The van der Waals surface area contributed by atoms with Gasteiger partial charge in [-0.25, -0.2) is 8.42 Å². The molecule has 1 saturated heterocycles. The molecular formula is C13H19NO3S. The summed E-state index contributed by atoms with van der Waals surface area (Å²) in [4.78, 5) is 0. The van der Waals surface area contributed by atoms with E-state index in [0.717, 1.165) is 24.0 Å². The standard InChI is InChI=1S/C13H19NO3S/c1-11-4-2-5-12(8-11)10-18(16,17)14-7-3-6-13(14)9-15/h2,4-5,8,13,15H,3,6-7,9-10H2,1H3/t13-/m1/s1. The number of rotatable bonds is 4. The van der Waals surface area contributed by atoms with Crippen molar-refractivity contribution in [1.29, 1.82) is 0 Å². The van der Waals surface area contributed by atoms with Crippen molar-refractivity contribution in [3.63, 3.8) is 0 Å². The van der Waals surface area contributed by atoms with Crippen LogP contribution in [-0.4, -0.2) is 37.0 Å². The van der Waals surface area contributed by atoms with Gasteiger partial charge in [0.05, 0.1) is 12.4 Å². The van der Waals surface area contributed by atoms with Crippen LogP contribution in [0.15, 0.2) is 24.3 Å². The highest BCUT2D eigenvalue weighted by Gasteiger charge is 2.33. The van der Waals surface area contributed by atoms with Gasteiger partial charge in [-0.15, -0.1) is 0 Å². The minimum absolute atomic E-state index is 0.0190. The lowest BCUT2D eigenvalue weighted by Gasteiger charge is -2.22. The summed E-state index contributed by atoms with van der Waals surface area (Å²) in [7, 11) is -3.32. The van der Waals surface area contributed by atoms with Crippen molar-refractivity contribution in [2.45, 2.75) is 31.6 Å². The van der Waals surface area contributed by atoms with Crippen molar-refractivity contribution in [3.8, 4) is 0 Å². The average Bonchev–Trinajstić information content (AvgIpc) is 2.77. The van der Waals surface area contributed by atoms with Crippen LogP contribution in [0, 0.1) is 6.92 Å². The lowest BCUT2D eigenvalue weighted by atomic mass is 10.2. The molecule has 0 radical (unpaired) electrons. The Kier molecular flexibility index (Phi) is 4.04. The average molecular weight is 269 g/mol. The minimum atomic E-state index is -3.32. The van der Waals surface area contributed by atoms with Crippen LogP contribution < -0.4 is 0 Å². The van der Waals surface area contributed by atoms with Gasteiger partial charge in [-0.2, -0.15) is 4.31 Å². The van der Waals surface area contributed by atoms with Gasteiger partial charge >= 0.3 is 0 Å². The summed E-state index contributed by atoms with van der Waals surface area (Å²) in [6.45, 7) is 2.38. The van der Waals surface area contributed by atoms with E-state index < -0.39 is 10.0 Å². The zero-order valence-corrected chi connectivity index (χ0v) is 11.4. The number of hydrogen-bond donors (Lipinski definition) is 1. The summed E-state index contributed by atoms with van der Waals surface area (Å²) in [6.07, 6.45) is 1.59. The highest BCUT2D eigenvalue weighted by molar-refractivity contribution is 7.88. The normalized spacial score (nSPS) is 21.3. The van der Waals surface area contributed by atoms with E-state index in [4.69, 9.17) is 0 Å². The molecule has 0 spiro atoms. The number of benzene rings is 1. The molecule has 0 amide bonds. The third-order valence-electron chi connectivity index (χ3n) is 3.32. The van der Waals surface area contributed by atoms with Gasteiger partial charge in [-0.3, -0.25) is 0 Å². The molecule has 0 aromatic heterocycles. The maximum Gasteiger partial charge on any atom is 0.218 e. The summed E-state index contributed by atoms with van der Waals surface area (Å²) in [5.74, 6) is 0.0190. The fourth-order valence-electron chi connectivity index (χ4n) is 2.45. The van der Waals surface area contributed by atoms with Crippen LogP contribution in [0.5, 0.6) is 0 Å². The molecule has 1 fully saturated rings.